The Morgan fingerprint density at radius 3 is 2.59 bits per heavy atom. The van der Waals surface area contributed by atoms with Crippen LogP contribution < -0.4 is 19.3 Å². The summed E-state index contributed by atoms with van der Waals surface area (Å²) in [6, 6.07) is 4.75. The van der Waals surface area contributed by atoms with Gasteiger partial charge in [0.2, 0.25) is 5.91 Å². The van der Waals surface area contributed by atoms with E-state index in [9.17, 15) is 14.7 Å². The van der Waals surface area contributed by atoms with Crippen LogP contribution in [0.5, 0.6) is 17.5 Å². The van der Waals surface area contributed by atoms with Gasteiger partial charge in [0.1, 0.15) is 5.69 Å². The van der Waals surface area contributed by atoms with Gasteiger partial charge in [0.25, 0.3) is 0 Å². The number of hydrogen-bond donors (Lipinski definition) is 1. The monoisotopic (exact) mass is 440 g/mol. The molecule has 1 fully saturated rings. The minimum Gasteiger partial charge on any atom is -0.493 e. The molecule has 9 heteroatoms. The van der Waals surface area contributed by atoms with Crippen LogP contribution in [-0.4, -0.2) is 53.7 Å². The van der Waals surface area contributed by atoms with Gasteiger partial charge in [0.05, 0.1) is 24.3 Å². The smallest absolute Gasteiger partial charge is 0.335 e. The number of carbonyl (C=O) groups excluding carboxylic acids is 1. The van der Waals surface area contributed by atoms with E-state index < -0.39 is 11.4 Å². The number of nitrogens with zero attached hydrogens (tertiary/aromatic N) is 4. The van der Waals surface area contributed by atoms with Crippen LogP contribution in [0.15, 0.2) is 24.4 Å². The van der Waals surface area contributed by atoms with E-state index in [1.54, 1.807) is 18.1 Å². The number of benzene rings is 1. The van der Waals surface area contributed by atoms with Gasteiger partial charge in [-0.1, -0.05) is 12.8 Å². The first-order chi connectivity index (χ1) is 15.2. The zero-order valence-electron chi connectivity index (χ0n) is 18.8. The molecule has 1 aromatic carbocycles. The first-order valence-electron chi connectivity index (χ1n) is 10.7. The highest BCUT2D eigenvalue weighted by atomic mass is 16.5. The van der Waals surface area contributed by atoms with Crippen LogP contribution in [0.3, 0.4) is 0 Å². The maximum atomic E-state index is 13.1. The van der Waals surface area contributed by atoms with Crippen LogP contribution in [0.4, 0.5) is 11.5 Å². The number of rotatable bonds is 5. The maximum Gasteiger partial charge on any atom is 0.335 e. The van der Waals surface area contributed by atoms with E-state index in [0.29, 0.717) is 29.8 Å². The van der Waals surface area contributed by atoms with Crippen LogP contribution in [-0.2, 0) is 4.79 Å². The first kappa shape index (κ1) is 21.9. The Morgan fingerprint density at radius 2 is 1.94 bits per heavy atom. The summed E-state index contributed by atoms with van der Waals surface area (Å²) in [5.74, 6) is 0.207. The van der Waals surface area contributed by atoms with E-state index in [1.165, 1.54) is 25.3 Å². The fraction of sp³-hybridized carbons (Fsp3) is 0.478. The van der Waals surface area contributed by atoms with Gasteiger partial charge in [0, 0.05) is 19.6 Å². The number of ether oxygens (including phenoxy) is 2. The van der Waals surface area contributed by atoms with E-state index in [-0.39, 0.29) is 23.2 Å². The SMILES string of the molecule is COc1cc(C(=O)O)ccc1Oc1ncc2c(n1)N(C1CCCC1)CC(C)(C)C(=O)N2C. The molecular weight excluding hydrogens is 412 g/mol. The second kappa shape index (κ2) is 8.29. The van der Waals surface area contributed by atoms with Crippen LogP contribution in [0, 0.1) is 5.41 Å². The lowest BCUT2D eigenvalue weighted by Crippen LogP contribution is -2.45. The Balaban J connectivity index is 1.74. The minimum absolute atomic E-state index is 0.0162. The van der Waals surface area contributed by atoms with Crippen molar-refractivity contribution in [3.8, 4) is 17.5 Å². The van der Waals surface area contributed by atoms with Crippen LogP contribution in [0.25, 0.3) is 0 Å². The molecule has 2 aromatic rings. The average Bonchev–Trinajstić information content (AvgIpc) is 3.29. The van der Waals surface area contributed by atoms with Crippen molar-refractivity contribution in [2.45, 2.75) is 45.6 Å². The second-order valence-electron chi connectivity index (χ2n) is 8.95. The van der Waals surface area contributed by atoms with Crippen molar-refractivity contribution in [2.24, 2.45) is 5.41 Å². The highest BCUT2D eigenvalue weighted by Gasteiger charge is 2.41. The average molecular weight is 441 g/mol. The molecular formula is C23H28N4O5. The minimum atomic E-state index is -1.06. The molecule has 0 spiro atoms. The molecule has 1 aromatic heterocycles. The number of aromatic carboxylic acids is 1. The molecule has 32 heavy (non-hydrogen) atoms. The quantitative estimate of drug-likeness (QED) is 0.750. The molecule has 170 valence electrons. The zero-order chi connectivity index (χ0) is 23.0. The highest BCUT2D eigenvalue weighted by Crippen LogP contribution is 2.41. The van der Waals surface area contributed by atoms with Crippen molar-refractivity contribution in [3.63, 3.8) is 0 Å². The molecule has 0 saturated heterocycles. The molecule has 2 heterocycles. The van der Waals surface area contributed by atoms with Crippen molar-refractivity contribution in [2.75, 3.05) is 30.5 Å². The third-order valence-corrected chi connectivity index (χ3v) is 6.19. The summed E-state index contributed by atoms with van der Waals surface area (Å²) in [7, 11) is 3.19. The van der Waals surface area contributed by atoms with E-state index >= 15 is 0 Å². The number of carboxylic acid groups (broad SMARTS) is 1. The number of methoxy groups -OCH3 is 1. The van der Waals surface area contributed by atoms with Crippen LogP contribution in [0.1, 0.15) is 49.9 Å². The van der Waals surface area contributed by atoms with Crippen molar-refractivity contribution < 1.29 is 24.2 Å². The van der Waals surface area contributed by atoms with Gasteiger partial charge in [-0.25, -0.2) is 9.78 Å². The summed E-state index contributed by atoms with van der Waals surface area (Å²) >= 11 is 0. The van der Waals surface area contributed by atoms with Crippen molar-refractivity contribution in [3.05, 3.63) is 30.0 Å². The fourth-order valence-corrected chi connectivity index (χ4v) is 4.48. The van der Waals surface area contributed by atoms with Crippen molar-refractivity contribution in [1.82, 2.24) is 9.97 Å². The van der Waals surface area contributed by atoms with E-state index in [0.717, 1.165) is 25.7 Å². The van der Waals surface area contributed by atoms with Crippen molar-refractivity contribution in [1.29, 1.82) is 0 Å². The molecule has 1 N–H and O–H groups in total. The first-order valence-corrected chi connectivity index (χ1v) is 10.7. The molecule has 1 aliphatic heterocycles. The molecule has 0 radical (unpaired) electrons. The Hall–Kier alpha value is -3.36. The normalized spacial score (nSPS) is 18.3. The van der Waals surface area contributed by atoms with Gasteiger partial charge >= 0.3 is 12.0 Å². The van der Waals surface area contributed by atoms with Crippen LogP contribution in [0.2, 0.25) is 0 Å². The summed E-state index contributed by atoms with van der Waals surface area (Å²) in [4.78, 5) is 37.2. The van der Waals surface area contributed by atoms with Gasteiger partial charge in [-0.15, -0.1) is 0 Å². The number of fused-ring (bicyclic) bond motifs is 1. The van der Waals surface area contributed by atoms with Crippen molar-refractivity contribution >= 4 is 23.4 Å². The maximum absolute atomic E-state index is 13.1. The van der Waals surface area contributed by atoms with Crippen LogP contribution >= 0.6 is 0 Å². The Kier molecular flexibility index (Phi) is 5.66. The predicted octanol–water partition coefficient (Wildman–Crippen LogP) is 3.73. The lowest BCUT2D eigenvalue weighted by atomic mass is 9.91. The van der Waals surface area contributed by atoms with Gasteiger partial charge in [-0.05, 0) is 44.9 Å². The molecule has 9 nitrogen and oxygen atoms in total. The molecule has 0 unspecified atom stereocenters. The molecule has 1 amide bonds. The standard InChI is InChI=1S/C23H28N4O5/c1-23(2)13-27(15-7-5-6-8-15)19-16(26(3)21(23)30)12-24-22(25-19)32-17-10-9-14(20(28)29)11-18(17)31-4/h9-12,15H,5-8,13H2,1-4H3,(H,28,29). The third-order valence-electron chi connectivity index (χ3n) is 6.19. The van der Waals surface area contributed by atoms with Gasteiger partial charge < -0.3 is 24.4 Å². The van der Waals surface area contributed by atoms with Gasteiger partial charge in [-0.2, -0.15) is 4.98 Å². The number of carboxylic acids is 1. The molecule has 4 rings (SSSR count). The highest BCUT2D eigenvalue weighted by molar-refractivity contribution is 6.00. The summed E-state index contributed by atoms with van der Waals surface area (Å²) in [6.45, 7) is 4.47. The zero-order valence-corrected chi connectivity index (χ0v) is 18.8. The van der Waals surface area contributed by atoms with Gasteiger partial charge in [-0.3, -0.25) is 4.79 Å². The summed E-state index contributed by atoms with van der Waals surface area (Å²) in [6.07, 6.45) is 6.03. The summed E-state index contributed by atoms with van der Waals surface area (Å²) < 4.78 is 11.2. The number of amides is 1. The summed E-state index contributed by atoms with van der Waals surface area (Å²) in [5.41, 5.74) is 0.162. The summed E-state index contributed by atoms with van der Waals surface area (Å²) in [5, 5.41) is 9.21. The number of carbonyl (C=O) groups is 2. The largest absolute Gasteiger partial charge is 0.493 e. The lowest BCUT2D eigenvalue weighted by Gasteiger charge is -2.34. The molecule has 1 saturated carbocycles. The predicted molar refractivity (Wildman–Crippen MR) is 119 cm³/mol. The number of hydrogen-bond acceptors (Lipinski definition) is 7. The fourth-order valence-electron chi connectivity index (χ4n) is 4.48. The Morgan fingerprint density at radius 1 is 1.22 bits per heavy atom. The molecule has 0 bridgehead atoms. The lowest BCUT2D eigenvalue weighted by molar-refractivity contribution is -0.125. The second-order valence-corrected chi connectivity index (χ2v) is 8.95. The van der Waals surface area contributed by atoms with E-state index in [1.807, 2.05) is 13.8 Å². The van der Waals surface area contributed by atoms with Gasteiger partial charge in [0.15, 0.2) is 17.3 Å². The third kappa shape index (κ3) is 3.94. The number of anilines is 2. The van der Waals surface area contributed by atoms with E-state index in [2.05, 4.69) is 9.88 Å². The molecule has 1 aliphatic carbocycles. The van der Waals surface area contributed by atoms with E-state index in [4.69, 9.17) is 14.5 Å². The topological polar surface area (TPSA) is 105 Å². The Bertz CT molecular complexity index is 1050. The molecule has 2 aliphatic rings. The number of aromatic nitrogens is 2. The Labute approximate surface area is 187 Å². The molecule has 0 atom stereocenters.